The van der Waals surface area contributed by atoms with Crippen molar-refractivity contribution >= 4 is 28.4 Å². The number of carbonyl (C=O) groups excluding carboxylic acids is 2. The summed E-state index contributed by atoms with van der Waals surface area (Å²) in [6.07, 6.45) is 3.11. The summed E-state index contributed by atoms with van der Waals surface area (Å²) in [7, 11) is 0. The predicted molar refractivity (Wildman–Crippen MR) is 114 cm³/mol. The van der Waals surface area contributed by atoms with Gasteiger partial charge in [-0.3, -0.25) is 23.9 Å². The third-order valence-corrected chi connectivity index (χ3v) is 5.33. The van der Waals surface area contributed by atoms with E-state index in [9.17, 15) is 14.4 Å². The highest BCUT2D eigenvalue weighted by Crippen LogP contribution is 2.21. The summed E-state index contributed by atoms with van der Waals surface area (Å²) in [5.41, 5.74) is 7.44. The summed E-state index contributed by atoms with van der Waals surface area (Å²) in [5, 5.41) is 3.30. The van der Waals surface area contributed by atoms with E-state index in [-0.39, 0.29) is 30.0 Å². The van der Waals surface area contributed by atoms with Crippen LogP contribution in [0, 0.1) is 0 Å². The van der Waals surface area contributed by atoms with Crippen LogP contribution in [-0.2, 0) is 22.7 Å². The fourth-order valence-corrected chi connectivity index (χ4v) is 3.89. The van der Waals surface area contributed by atoms with E-state index in [4.69, 9.17) is 5.73 Å². The van der Waals surface area contributed by atoms with Gasteiger partial charge < -0.3 is 11.1 Å². The predicted octanol–water partition coefficient (Wildman–Crippen LogP) is 1.48. The van der Waals surface area contributed by atoms with E-state index in [0.717, 1.165) is 24.9 Å². The first kappa shape index (κ1) is 19.8. The van der Waals surface area contributed by atoms with E-state index >= 15 is 0 Å². The fraction of sp³-hybridized carbons (Fsp3) is 0.273. The van der Waals surface area contributed by atoms with Crippen LogP contribution in [0.25, 0.3) is 10.9 Å². The molecule has 1 fully saturated rings. The molecule has 3 N–H and O–H groups in total. The number of hydrogen-bond donors (Lipinski definition) is 2. The van der Waals surface area contributed by atoms with Crippen molar-refractivity contribution < 1.29 is 9.59 Å². The summed E-state index contributed by atoms with van der Waals surface area (Å²) in [5.74, 6) is -0.617. The standard InChI is InChI=1S/C22H23N5O3/c23-21(29)19-9-4-10-26(19)12-15-5-3-6-16(11-15)25-20(28)13-27-14-24-18-8-2-1-7-17(18)22(27)30/h1-3,5-8,11,14,19H,4,9-10,12-13H2,(H2,23,29)(H,25,28). The maximum Gasteiger partial charge on any atom is 0.261 e. The molecule has 0 bridgehead atoms. The normalized spacial score (nSPS) is 16.6. The largest absolute Gasteiger partial charge is 0.368 e. The lowest BCUT2D eigenvalue weighted by atomic mass is 10.1. The highest BCUT2D eigenvalue weighted by atomic mass is 16.2. The van der Waals surface area contributed by atoms with Crippen LogP contribution in [-0.4, -0.2) is 38.9 Å². The number of carbonyl (C=O) groups is 2. The van der Waals surface area contributed by atoms with Crippen molar-refractivity contribution in [3.8, 4) is 0 Å². The number of nitrogens with zero attached hydrogens (tertiary/aromatic N) is 3. The average Bonchev–Trinajstić information content (AvgIpc) is 3.19. The molecule has 0 radical (unpaired) electrons. The van der Waals surface area contributed by atoms with Gasteiger partial charge in [-0.05, 0) is 49.2 Å². The quantitative estimate of drug-likeness (QED) is 0.646. The van der Waals surface area contributed by atoms with Crippen LogP contribution in [0.1, 0.15) is 18.4 Å². The number of aromatic nitrogens is 2. The van der Waals surface area contributed by atoms with Crippen LogP contribution >= 0.6 is 0 Å². The molecule has 1 atom stereocenters. The number of fused-ring (bicyclic) bond motifs is 1. The van der Waals surface area contributed by atoms with Crippen LogP contribution in [0.4, 0.5) is 5.69 Å². The first-order valence-electron chi connectivity index (χ1n) is 9.87. The first-order valence-corrected chi connectivity index (χ1v) is 9.87. The van der Waals surface area contributed by atoms with Gasteiger partial charge in [0.2, 0.25) is 11.8 Å². The Kier molecular flexibility index (Phi) is 5.58. The maximum absolute atomic E-state index is 12.5. The van der Waals surface area contributed by atoms with Gasteiger partial charge in [0.1, 0.15) is 6.54 Å². The zero-order valence-corrected chi connectivity index (χ0v) is 16.5. The number of hydrogen-bond acceptors (Lipinski definition) is 5. The molecule has 8 nitrogen and oxygen atoms in total. The molecule has 8 heteroatoms. The number of benzene rings is 2. The van der Waals surface area contributed by atoms with E-state index in [1.165, 1.54) is 10.9 Å². The zero-order chi connectivity index (χ0) is 21.1. The minimum absolute atomic E-state index is 0.128. The topological polar surface area (TPSA) is 110 Å². The van der Waals surface area contributed by atoms with E-state index < -0.39 is 0 Å². The number of primary amides is 1. The lowest BCUT2D eigenvalue weighted by molar-refractivity contribution is -0.122. The van der Waals surface area contributed by atoms with Crippen molar-refractivity contribution in [2.75, 3.05) is 11.9 Å². The molecule has 1 aliphatic heterocycles. The van der Waals surface area contributed by atoms with Crippen molar-refractivity contribution in [2.24, 2.45) is 5.73 Å². The number of nitrogens with one attached hydrogen (secondary N) is 1. The minimum atomic E-state index is -0.317. The lowest BCUT2D eigenvalue weighted by Gasteiger charge is -2.22. The molecule has 2 heterocycles. The van der Waals surface area contributed by atoms with Crippen molar-refractivity contribution in [1.29, 1.82) is 0 Å². The van der Waals surface area contributed by atoms with E-state index in [2.05, 4.69) is 15.2 Å². The molecular formula is C22H23N5O3. The number of rotatable bonds is 6. The Morgan fingerprint density at radius 1 is 1.17 bits per heavy atom. The number of nitrogens with two attached hydrogens (primary N) is 1. The monoisotopic (exact) mass is 405 g/mol. The Labute approximate surface area is 173 Å². The highest BCUT2D eigenvalue weighted by Gasteiger charge is 2.28. The highest BCUT2D eigenvalue weighted by molar-refractivity contribution is 5.90. The smallest absolute Gasteiger partial charge is 0.261 e. The molecule has 0 saturated carbocycles. The van der Waals surface area contributed by atoms with Crippen molar-refractivity contribution in [3.63, 3.8) is 0 Å². The molecule has 2 amide bonds. The summed E-state index contributed by atoms with van der Waals surface area (Å²) < 4.78 is 1.29. The third-order valence-electron chi connectivity index (χ3n) is 5.33. The van der Waals surface area contributed by atoms with Crippen LogP contribution < -0.4 is 16.6 Å². The van der Waals surface area contributed by atoms with Gasteiger partial charge in [-0.15, -0.1) is 0 Å². The molecule has 154 valence electrons. The molecule has 4 rings (SSSR count). The Hall–Kier alpha value is -3.52. The first-order chi connectivity index (χ1) is 14.5. The molecule has 1 unspecified atom stereocenters. The Bertz CT molecular complexity index is 1160. The van der Waals surface area contributed by atoms with Crippen LogP contribution in [0.2, 0.25) is 0 Å². The Balaban J connectivity index is 1.44. The summed E-state index contributed by atoms with van der Waals surface area (Å²) in [6.45, 7) is 1.28. The van der Waals surface area contributed by atoms with E-state index in [1.807, 2.05) is 24.3 Å². The van der Waals surface area contributed by atoms with Crippen molar-refractivity contribution in [3.05, 3.63) is 70.8 Å². The fourth-order valence-electron chi connectivity index (χ4n) is 3.89. The van der Waals surface area contributed by atoms with Crippen molar-refractivity contribution in [1.82, 2.24) is 14.5 Å². The van der Waals surface area contributed by atoms with Crippen LogP contribution in [0.15, 0.2) is 59.7 Å². The number of anilines is 1. The molecule has 0 aliphatic carbocycles. The van der Waals surface area contributed by atoms with Gasteiger partial charge in [0.25, 0.3) is 5.56 Å². The summed E-state index contributed by atoms with van der Waals surface area (Å²) in [6, 6.07) is 14.3. The summed E-state index contributed by atoms with van der Waals surface area (Å²) in [4.78, 5) is 42.9. The lowest BCUT2D eigenvalue weighted by Crippen LogP contribution is -2.39. The Morgan fingerprint density at radius 3 is 2.83 bits per heavy atom. The molecule has 3 aromatic rings. The van der Waals surface area contributed by atoms with Gasteiger partial charge in [-0.1, -0.05) is 24.3 Å². The SMILES string of the molecule is NC(=O)C1CCCN1Cc1cccc(NC(=O)Cn2cnc3ccccc3c2=O)c1. The number of para-hydroxylation sites is 1. The molecule has 0 spiro atoms. The minimum Gasteiger partial charge on any atom is -0.368 e. The second-order valence-electron chi connectivity index (χ2n) is 7.47. The Morgan fingerprint density at radius 2 is 2.00 bits per heavy atom. The maximum atomic E-state index is 12.5. The van der Waals surface area contributed by atoms with Crippen LogP contribution in [0.5, 0.6) is 0 Å². The molecule has 1 aliphatic rings. The molecule has 30 heavy (non-hydrogen) atoms. The van der Waals surface area contributed by atoms with Crippen LogP contribution in [0.3, 0.4) is 0 Å². The average molecular weight is 405 g/mol. The second-order valence-corrected chi connectivity index (χ2v) is 7.47. The van der Waals surface area contributed by atoms with E-state index in [1.54, 1.807) is 24.3 Å². The van der Waals surface area contributed by atoms with Crippen molar-refractivity contribution in [2.45, 2.75) is 32.0 Å². The molecule has 1 saturated heterocycles. The van der Waals surface area contributed by atoms with Gasteiger partial charge in [0.15, 0.2) is 0 Å². The van der Waals surface area contributed by atoms with Gasteiger partial charge in [0, 0.05) is 12.2 Å². The van der Waals surface area contributed by atoms with Gasteiger partial charge in [-0.25, -0.2) is 4.98 Å². The summed E-state index contributed by atoms with van der Waals surface area (Å²) >= 11 is 0. The third kappa shape index (κ3) is 4.23. The zero-order valence-electron chi connectivity index (χ0n) is 16.5. The molecular weight excluding hydrogens is 382 g/mol. The van der Waals surface area contributed by atoms with Gasteiger partial charge in [0.05, 0.1) is 23.3 Å². The number of likely N-dealkylation sites (tertiary alicyclic amines) is 1. The van der Waals surface area contributed by atoms with Gasteiger partial charge >= 0.3 is 0 Å². The molecule has 2 aromatic carbocycles. The molecule has 1 aromatic heterocycles. The van der Waals surface area contributed by atoms with E-state index in [0.29, 0.717) is 23.1 Å². The number of amides is 2. The van der Waals surface area contributed by atoms with Gasteiger partial charge in [-0.2, -0.15) is 0 Å². The second kappa shape index (κ2) is 8.46.